The van der Waals surface area contributed by atoms with Crippen molar-refractivity contribution in [1.82, 2.24) is 0 Å². The topological polar surface area (TPSA) is 55.6 Å². The van der Waals surface area contributed by atoms with Gasteiger partial charge in [0, 0.05) is 24.7 Å². The van der Waals surface area contributed by atoms with Crippen LogP contribution in [0.3, 0.4) is 0 Å². The number of ether oxygens (including phenoxy) is 1. The summed E-state index contributed by atoms with van der Waals surface area (Å²) in [5, 5.41) is 0. The van der Waals surface area contributed by atoms with Gasteiger partial charge in [-0.15, -0.1) is 0 Å². The van der Waals surface area contributed by atoms with E-state index in [0.717, 1.165) is 17.0 Å². The van der Waals surface area contributed by atoms with Crippen LogP contribution in [0.15, 0.2) is 18.2 Å². The standard InChI is InChI=1S/C14H20N2O2/c1-9(2)18-13-5-4-12(6-10(13)3)16-8-11(15)7-14(16)17/h4-6,9,11H,7-8,15H2,1-3H3. The number of nitrogens with zero attached hydrogens (tertiary/aromatic N) is 1. The lowest BCUT2D eigenvalue weighted by Gasteiger charge is -2.19. The SMILES string of the molecule is Cc1cc(N2CC(N)CC2=O)ccc1OC(C)C. The molecule has 1 aromatic rings. The number of hydrogen-bond acceptors (Lipinski definition) is 3. The van der Waals surface area contributed by atoms with Gasteiger partial charge in [0.2, 0.25) is 5.91 Å². The monoisotopic (exact) mass is 248 g/mol. The zero-order valence-electron chi connectivity index (χ0n) is 11.1. The molecule has 1 fully saturated rings. The van der Waals surface area contributed by atoms with Crippen molar-refractivity contribution in [2.75, 3.05) is 11.4 Å². The van der Waals surface area contributed by atoms with Gasteiger partial charge in [0.15, 0.2) is 0 Å². The molecule has 1 amide bonds. The van der Waals surface area contributed by atoms with Gasteiger partial charge in [0.1, 0.15) is 5.75 Å². The van der Waals surface area contributed by atoms with Crippen LogP contribution in [-0.2, 0) is 4.79 Å². The highest BCUT2D eigenvalue weighted by Crippen LogP contribution is 2.27. The van der Waals surface area contributed by atoms with Crippen molar-refractivity contribution < 1.29 is 9.53 Å². The average molecular weight is 248 g/mol. The molecule has 0 aromatic heterocycles. The van der Waals surface area contributed by atoms with Gasteiger partial charge >= 0.3 is 0 Å². The van der Waals surface area contributed by atoms with Gasteiger partial charge in [0.25, 0.3) is 0 Å². The zero-order chi connectivity index (χ0) is 13.3. The van der Waals surface area contributed by atoms with E-state index >= 15 is 0 Å². The van der Waals surface area contributed by atoms with Gasteiger partial charge in [0.05, 0.1) is 6.10 Å². The summed E-state index contributed by atoms with van der Waals surface area (Å²) in [5.74, 6) is 0.962. The third-order valence-corrected chi connectivity index (χ3v) is 2.99. The Bertz CT molecular complexity index is 457. The molecule has 1 aliphatic heterocycles. The van der Waals surface area contributed by atoms with Crippen molar-refractivity contribution in [3.05, 3.63) is 23.8 Å². The highest BCUT2D eigenvalue weighted by atomic mass is 16.5. The van der Waals surface area contributed by atoms with Crippen LogP contribution in [0.2, 0.25) is 0 Å². The van der Waals surface area contributed by atoms with E-state index in [1.807, 2.05) is 39.0 Å². The van der Waals surface area contributed by atoms with Gasteiger partial charge in [-0.2, -0.15) is 0 Å². The van der Waals surface area contributed by atoms with Gasteiger partial charge in [-0.1, -0.05) is 0 Å². The summed E-state index contributed by atoms with van der Waals surface area (Å²) in [6.07, 6.45) is 0.583. The number of aryl methyl sites for hydroxylation is 1. The predicted molar refractivity (Wildman–Crippen MR) is 71.9 cm³/mol. The van der Waals surface area contributed by atoms with Crippen LogP contribution in [-0.4, -0.2) is 24.6 Å². The fourth-order valence-corrected chi connectivity index (χ4v) is 2.17. The van der Waals surface area contributed by atoms with Crippen LogP contribution < -0.4 is 15.4 Å². The normalized spacial score (nSPS) is 19.7. The highest BCUT2D eigenvalue weighted by molar-refractivity contribution is 5.96. The molecule has 1 heterocycles. The highest BCUT2D eigenvalue weighted by Gasteiger charge is 2.28. The van der Waals surface area contributed by atoms with Gasteiger partial charge in [-0.3, -0.25) is 4.79 Å². The molecule has 1 atom stereocenters. The summed E-state index contributed by atoms with van der Waals surface area (Å²) in [6, 6.07) is 5.76. The summed E-state index contributed by atoms with van der Waals surface area (Å²) in [4.78, 5) is 13.5. The first-order valence-electron chi connectivity index (χ1n) is 6.30. The Labute approximate surface area is 108 Å². The molecule has 1 aromatic carbocycles. The Morgan fingerprint density at radius 2 is 2.17 bits per heavy atom. The minimum Gasteiger partial charge on any atom is -0.491 e. The van der Waals surface area contributed by atoms with Gasteiger partial charge in [-0.25, -0.2) is 0 Å². The molecule has 18 heavy (non-hydrogen) atoms. The molecule has 1 unspecified atom stereocenters. The summed E-state index contributed by atoms with van der Waals surface area (Å²) >= 11 is 0. The molecule has 0 radical (unpaired) electrons. The average Bonchev–Trinajstić information content (AvgIpc) is 2.60. The maximum Gasteiger partial charge on any atom is 0.228 e. The lowest BCUT2D eigenvalue weighted by Crippen LogP contribution is -2.28. The van der Waals surface area contributed by atoms with Crippen molar-refractivity contribution in [1.29, 1.82) is 0 Å². The van der Waals surface area contributed by atoms with E-state index in [4.69, 9.17) is 10.5 Å². The molecule has 2 rings (SSSR count). The first-order chi connectivity index (χ1) is 8.47. The molecular formula is C14H20N2O2. The number of carbonyl (C=O) groups excluding carboxylic acids is 1. The zero-order valence-corrected chi connectivity index (χ0v) is 11.1. The summed E-state index contributed by atoms with van der Waals surface area (Å²) in [7, 11) is 0. The maximum atomic E-state index is 11.8. The molecule has 4 nitrogen and oxygen atoms in total. The van der Waals surface area contributed by atoms with E-state index in [1.54, 1.807) is 4.90 Å². The molecule has 1 saturated heterocycles. The Hall–Kier alpha value is -1.55. The Morgan fingerprint density at radius 1 is 1.44 bits per heavy atom. The minimum atomic E-state index is -0.0515. The van der Waals surface area contributed by atoms with Crippen LogP contribution in [0.4, 0.5) is 5.69 Å². The molecule has 1 aliphatic rings. The van der Waals surface area contributed by atoms with Crippen LogP contribution in [0.5, 0.6) is 5.75 Å². The van der Waals surface area contributed by atoms with Crippen LogP contribution in [0, 0.1) is 6.92 Å². The summed E-state index contributed by atoms with van der Waals surface area (Å²) in [6.45, 7) is 6.58. The van der Waals surface area contributed by atoms with Crippen LogP contribution >= 0.6 is 0 Å². The summed E-state index contributed by atoms with van der Waals surface area (Å²) in [5.41, 5.74) is 7.74. The largest absolute Gasteiger partial charge is 0.491 e. The quantitative estimate of drug-likeness (QED) is 0.888. The third kappa shape index (κ3) is 2.64. The number of carbonyl (C=O) groups is 1. The second kappa shape index (κ2) is 4.98. The Morgan fingerprint density at radius 3 is 2.67 bits per heavy atom. The van der Waals surface area contributed by atoms with E-state index in [2.05, 4.69) is 0 Å². The van der Waals surface area contributed by atoms with Crippen LogP contribution in [0.25, 0.3) is 0 Å². The van der Waals surface area contributed by atoms with E-state index in [9.17, 15) is 4.79 Å². The van der Waals surface area contributed by atoms with Crippen molar-refractivity contribution in [3.63, 3.8) is 0 Å². The third-order valence-electron chi connectivity index (χ3n) is 2.99. The molecule has 98 valence electrons. The number of rotatable bonds is 3. The fourth-order valence-electron chi connectivity index (χ4n) is 2.17. The van der Waals surface area contributed by atoms with E-state index in [0.29, 0.717) is 13.0 Å². The molecule has 2 N–H and O–H groups in total. The number of amides is 1. The second-order valence-corrected chi connectivity index (χ2v) is 5.08. The number of hydrogen-bond donors (Lipinski definition) is 1. The minimum absolute atomic E-state index is 0.0515. The van der Waals surface area contributed by atoms with Crippen molar-refractivity contribution >= 4 is 11.6 Å². The molecule has 0 saturated carbocycles. The predicted octanol–water partition coefficient (Wildman–Crippen LogP) is 1.85. The molecule has 4 heteroatoms. The molecule has 0 aliphatic carbocycles. The van der Waals surface area contributed by atoms with E-state index in [-0.39, 0.29) is 18.1 Å². The van der Waals surface area contributed by atoms with E-state index < -0.39 is 0 Å². The fraction of sp³-hybridized carbons (Fsp3) is 0.500. The smallest absolute Gasteiger partial charge is 0.228 e. The van der Waals surface area contributed by atoms with Gasteiger partial charge < -0.3 is 15.4 Å². The molecular weight excluding hydrogens is 228 g/mol. The maximum absolute atomic E-state index is 11.8. The molecule has 0 spiro atoms. The van der Waals surface area contributed by atoms with Crippen molar-refractivity contribution in [3.8, 4) is 5.75 Å². The van der Waals surface area contributed by atoms with Crippen molar-refractivity contribution in [2.45, 2.75) is 39.3 Å². The first-order valence-corrected chi connectivity index (χ1v) is 6.30. The lowest BCUT2D eigenvalue weighted by molar-refractivity contribution is -0.117. The van der Waals surface area contributed by atoms with Crippen LogP contribution in [0.1, 0.15) is 25.8 Å². The summed E-state index contributed by atoms with van der Waals surface area (Å²) < 4.78 is 5.68. The number of nitrogens with two attached hydrogens (primary N) is 1. The molecule has 0 bridgehead atoms. The lowest BCUT2D eigenvalue weighted by atomic mass is 10.2. The first kappa shape index (κ1) is 12.9. The Balaban J connectivity index is 2.21. The Kier molecular flexibility index (Phi) is 3.57. The number of benzene rings is 1. The van der Waals surface area contributed by atoms with E-state index in [1.165, 1.54) is 0 Å². The second-order valence-electron chi connectivity index (χ2n) is 5.08. The number of anilines is 1. The van der Waals surface area contributed by atoms with Crippen molar-refractivity contribution in [2.24, 2.45) is 5.73 Å². The van der Waals surface area contributed by atoms with Gasteiger partial charge in [-0.05, 0) is 44.5 Å².